The van der Waals surface area contributed by atoms with Crippen molar-refractivity contribution in [2.24, 2.45) is 5.16 Å². The number of carbonyl (C=O) groups is 1. The van der Waals surface area contributed by atoms with Crippen LogP contribution < -0.4 is 21.9 Å². The number of carbonyl (C=O) groups excluding carboxylic acids is 1. The minimum absolute atomic E-state index is 0.0644. The van der Waals surface area contributed by atoms with Crippen molar-refractivity contribution in [3.63, 3.8) is 0 Å². The van der Waals surface area contributed by atoms with Gasteiger partial charge in [-0.15, -0.1) is 0 Å². The molecular formula is C8H8N4O4. The predicted molar refractivity (Wildman–Crippen MR) is 51.4 cm³/mol. The highest BCUT2D eigenvalue weighted by Crippen LogP contribution is 1.92. The Labute approximate surface area is 88.5 Å². The van der Waals surface area contributed by atoms with Crippen LogP contribution >= 0.6 is 0 Å². The van der Waals surface area contributed by atoms with Crippen LogP contribution in [0, 0.1) is 0 Å². The van der Waals surface area contributed by atoms with Gasteiger partial charge in [-0.1, -0.05) is 0 Å². The summed E-state index contributed by atoms with van der Waals surface area (Å²) in [6, 6.07) is 0. The Morgan fingerprint density at radius 3 is 3.19 bits per heavy atom. The summed E-state index contributed by atoms with van der Waals surface area (Å²) in [6.45, 7) is 1.90. The lowest BCUT2D eigenvalue weighted by Gasteiger charge is -1.94. The Bertz CT molecular complexity index is 591. The second kappa shape index (κ2) is 4.01. The minimum Gasteiger partial charge on any atom is -0.463 e. The van der Waals surface area contributed by atoms with Crippen LogP contribution in [0.3, 0.4) is 0 Å². The number of esters is 1. The van der Waals surface area contributed by atoms with Crippen molar-refractivity contribution >= 4 is 17.9 Å². The van der Waals surface area contributed by atoms with Gasteiger partial charge in [-0.05, 0) is 12.1 Å². The summed E-state index contributed by atoms with van der Waals surface area (Å²) in [5, 5.41) is 3.39. The van der Waals surface area contributed by atoms with Crippen molar-refractivity contribution < 1.29 is 14.5 Å². The molecule has 0 aromatic carbocycles. The van der Waals surface area contributed by atoms with Crippen LogP contribution in [0.5, 0.6) is 0 Å². The molecule has 2 rings (SSSR count). The van der Waals surface area contributed by atoms with Gasteiger partial charge in [0, 0.05) is 0 Å². The van der Waals surface area contributed by atoms with Gasteiger partial charge in [0.15, 0.2) is 0 Å². The van der Waals surface area contributed by atoms with E-state index in [0.29, 0.717) is 0 Å². The molecule has 0 atom stereocenters. The van der Waals surface area contributed by atoms with Gasteiger partial charge in [0.2, 0.25) is 11.3 Å². The fraction of sp³-hybridized carbons (Fsp3) is 0.250. The number of aromatic nitrogens is 2. The van der Waals surface area contributed by atoms with Crippen LogP contribution in [0.25, 0.3) is 6.08 Å². The molecule has 8 nitrogen and oxygen atoms in total. The zero-order valence-corrected chi connectivity index (χ0v) is 8.31. The van der Waals surface area contributed by atoms with E-state index in [1.54, 1.807) is 6.92 Å². The Hall–Kier alpha value is -2.38. The maximum absolute atomic E-state index is 11.4. The maximum atomic E-state index is 11.4. The maximum Gasteiger partial charge on any atom is 0.333 e. The van der Waals surface area contributed by atoms with Crippen molar-refractivity contribution in [2.75, 3.05) is 12.1 Å². The molecule has 2 N–H and O–H groups in total. The lowest BCUT2D eigenvalue weighted by molar-refractivity contribution is -0.135. The molecule has 0 spiro atoms. The smallest absolute Gasteiger partial charge is 0.333 e. The zero-order valence-electron chi connectivity index (χ0n) is 8.31. The van der Waals surface area contributed by atoms with Gasteiger partial charge in [-0.2, -0.15) is 5.48 Å². The van der Waals surface area contributed by atoms with Gasteiger partial charge in [0.05, 0.1) is 12.7 Å². The molecule has 0 saturated heterocycles. The number of ether oxygens (including phenoxy) is 1. The number of fused-ring (bicyclic) bond motifs is 1. The molecule has 8 heteroatoms. The number of hydrogen-bond acceptors (Lipinski definition) is 7. The summed E-state index contributed by atoms with van der Waals surface area (Å²) in [6.07, 6.45) is 1.00. The first kappa shape index (κ1) is 10.1. The van der Waals surface area contributed by atoms with Crippen LogP contribution in [0.2, 0.25) is 0 Å². The summed E-state index contributed by atoms with van der Waals surface area (Å²) in [7, 11) is 0. The first-order valence-corrected chi connectivity index (χ1v) is 4.49. The van der Waals surface area contributed by atoms with Crippen LogP contribution in [0.15, 0.2) is 9.95 Å². The van der Waals surface area contributed by atoms with Crippen LogP contribution in [0.1, 0.15) is 6.92 Å². The van der Waals surface area contributed by atoms with Gasteiger partial charge in [0.25, 0.3) is 5.56 Å². The predicted octanol–water partition coefficient (Wildman–Crippen LogP) is -1.99. The molecule has 1 aliphatic heterocycles. The summed E-state index contributed by atoms with van der Waals surface area (Å²) in [4.78, 5) is 33.3. The average molecular weight is 224 g/mol. The standard InChI is InChI=1S/C8H8N4O4/c1-2-15-5(13)3-4-8(14)10-7-6(9-4)11-16-12-7/h3H,2H2,1H3,(H,9,11)(H,10,12,14)/b4-3+. The van der Waals surface area contributed by atoms with Gasteiger partial charge in [0.1, 0.15) is 5.35 Å². The fourth-order valence-electron chi connectivity index (χ4n) is 1.10. The number of nitrogens with one attached hydrogen (secondary N) is 2. The molecule has 0 aliphatic carbocycles. The molecule has 0 fully saturated rings. The highest BCUT2D eigenvalue weighted by atomic mass is 16.8. The molecule has 0 bridgehead atoms. The number of anilines is 1. The van der Waals surface area contributed by atoms with Gasteiger partial charge >= 0.3 is 5.97 Å². The molecule has 2 heterocycles. The summed E-state index contributed by atoms with van der Waals surface area (Å²) < 4.78 is 4.66. The number of H-pyrrole nitrogens is 1. The van der Waals surface area contributed by atoms with E-state index in [1.807, 2.05) is 0 Å². The minimum atomic E-state index is -0.628. The fourth-order valence-corrected chi connectivity index (χ4v) is 1.10. The molecule has 1 aliphatic rings. The molecule has 16 heavy (non-hydrogen) atoms. The van der Waals surface area contributed by atoms with E-state index in [9.17, 15) is 9.59 Å². The topological polar surface area (TPSA) is 106 Å². The molecule has 0 amide bonds. The molecule has 0 saturated carbocycles. The van der Waals surface area contributed by atoms with E-state index in [-0.39, 0.29) is 23.3 Å². The van der Waals surface area contributed by atoms with E-state index in [0.717, 1.165) is 6.08 Å². The third-order valence-electron chi connectivity index (χ3n) is 1.74. The SMILES string of the molecule is CCOC(=O)/C=c1/nc2c([nH]c1=O)=NON2. The Morgan fingerprint density at radius 1 is 1.62 bits per heavy atom. The molecular weight excluding hydrogens is 216 g/mol. The Kier molecular flexibility index (Phi) is 2.54. The van der Waals surface area contributed by atoms with Crippen molar-refractivity contribution in [1.29, 1.82) is 0 Å². The third kappa shape index (κ3) is 1.85. The zero-order chi connectivity index (χ0) is 11.5. The quantitative estimate of drug-likeness (QED) is 0.563. The van der Waals surface area contributed by atoms with Gasteiger partial charge in [-0.3, -0.25) is 14.7 Å². The lowest BCUT2D eigenvalue weighted by atomic mass is 10.5. The normalized spacial score (nSPS) is 13.4. The first-order valence-electron chi connectivity index (χ1n) is 4.49. The van der Waals surface area contributed by atoms with Crippen LogP contribution in [-0.2, 0) is 14.5 Å². The van der Waals surface area contributed by atoms with Crippen molar-refractivity contribution in [2.45, 2.75) is 6.92 Å². The summed E-state index contributed by atoms with van der Waals surface area (Å²) in [5.41, 5.74) is 2.00. The Morgan fingerprint density at radius 2 is 2.44 bits per heavy atom. The lowest BCUT2D eigenvalue weighted by Crippen LogP contribution is -2.37. The first-order chi connectivity index (χ1) is 7.70. The highest BCUT2D eigenvalue weighted by Gasteiger charge is 2.09. The largest absolute Gasteiger partial charge is 0.463 e. The summed E-state index contributed by atoms with van der Waals surface area (Å²) >= 11 is 0. The summed E-state index contributed by atoms with van der Waals surface area (Å²) in [5.74, 6) is -0.383. The van der Waals surface area contributed by atoms with Crippen LogP contribution in [-0.4, -0.2) is 22.5 Å². The average Bonchev–Trinajstić information content (AvgIpc) is 2.65. The van der Waals surface area contributed by atoms with E-state index in [4.69, 9.17) is 0 Å². The number of rotatable bonds is 2. The molecule has 1 aromatic rings. The molecule has 0 unspecified atom stereocenters. The van der Waals surface area contributed by atoms with Gasteiger partial charge < -0.3 is 4.74 Å². The van der Waals surface area contributed by atoms with Crippen molar-refractivity contribution in [1.82, 2.24) is 9.97 Å². The Balaban J connectivity index is 2.48. The van der Waals surface area contributed by atoms with E-state index in [2.05, 4.69) is 30.3 Å². The highest BCUT2D eigenvalue weighted by molar-refractivity contribution is 5.99. The van der Waals surface area contributed by atoms with Gasteiger partial charge in [-0.25, -0.2) is 9.78 Å². The monoisotopic (exact) mass is 224 g/mol. The number of hydrogen-bond donors (Lipinski definition) is 2. The number of nitrogens with zero attached hydrogens (tertiary/aromatic N) is 2. The molecule has 1 aromatic heterocycles. The van der Waals surface area contributed by atoms with E-state index >= 15 is 0 Å². The second-order valence-electron chi connectivity index (χ2n) is 2.83. The molecule has 0 radical (unpaired) electrons. The van der Waals surface area contributed by atoms with Crippen molar-refractivity contribution in [3.8, 4) is 0 Å². The number of aromatic amines is 1. The second-order valence-corrected chi connectivity index (χ2v) is 2.83. The van der Waals surface area contributed by atoms with E-state index in [1.165, 1.54) is 0 Å². The third-order valence-corrected chi connectivity index (χ3v) is 1.74. The van der Waals surface area contributed by atoms with Crippen molar-refractivity contribution in [3.05, 3.63) is 21.2 Å². The van der Waals surface area contributed by atoms with Crippen LogP contribution in [0.4, 0.5) is 5.82 Å². The molecule has 84 valence electrons. The van der Waals surface area contributed by atoms with E-state index < -0.39 is 11.5 Å².